The van der Waals surface area contributed by atoms with Gasteiger partial charge in [-0.3, -0.25) is 4.79 Å². The molecule has 3 nitrogen and oxygen atoms in total. The zero-order chi connectivity index (χ0) is 12.2. The molecule has 0 aliphatic heterocycles. The van der Waals surface area contributed by atoms with Crippen molar-refractivity contribution in [2.45, 2.75) is 39.3 Å². The fourth-order valence-electron chi connectivity index (χ4n) is 1.35. The highest BCUT2D eigenvalue weighted by Crippen LogP contribution is 2.17. The van der Waals surface area contributed by atoms with Gasteiger partial charge in [-0.2, -0.15) is 0 Å². The molecule has 1 heterocycles. The first-order valence-corrected chi connectivity index (χ1v) is 6.34. The summed E-state index contributed by atoms with van der Waals surface area (Å²) in [6.45, 7) is 8.36. The predicted octanol–water partition coefficient (Wildman–Crippen LogP) is 2.31. The first kappa shape index (κ1) is 13.2. The number of thiophene rings is 1. The third kappa shape index (κ3) is 4.77. The Labute approximate surface area is 101 Å². The zero-order valence-electron chi connectivity index (χ0n) is 10.3. The number of nitrogens with one attached hydrogen (secondary N) is 2. The molecule has 1 unspecified atom stereocenters. The van der Waals surface area contributed by atoms with Crippen LogP contribution in [0.25, 0.3) is 0 Å². The van der Waals surface area contributed by atoms with E-state index in [0.717, 1.165) is 0 Å². The minimum atomic E-state index is -0.162. The molecular weight excluding hydrogens is 220 g/mol. The lowest BCUT2D eigenvalue weighted by Gasteiger charge is -2.21. The fraction of sp³-hybridized carbons (Fsp3) is 0.583. The minimum Gasteiger partial charge on any atom is -0.350 e. The van der Waals surface area contributed by atoms with Gasteiger partial charge in [0.25, 0.3) is 0 Å². The van der Waals surface area contributed by atoms with Gasteiger partial charge in [0, 0.05) is 16.5 Å². The van der Waals surface area contributed by atoms with Crippen LogP contribution in [0.2, 0.25) is 0 Å². The summed E-state index contributed by atoms with van der Waals surface area (Å²) in [5.74, 6) is 0.0379. The summed E-state index contributed by atoms with van der Waals surface area (Å²) in [6.07, 6.45) is 0. The van der Waals surface area contributed by atoms with Crippen molar-refractivity contribution in [1.82, 2.24) is 10.6 Å². The quantitative estimate of drug-likeness (QED) is 0.848. The maximum absolute atomic E-state index is 11.6. The Hall–Kier alpha value is -0.870. The summed E-state index contributed by atoms with van der Waals surface area (Å²) >= 11 is 1.70. The molecule has 4 heteroatoms. The van der Waals surface area contributed by atoms with Crippen molar-refractivity contribution in [3.05, 3.63) is 22.4 Å². The zero-order valence-corrected chi connectivity index (χ0v) is 11.1. The van der Waals surface area contributed by atoms with Crippen LogP contribution in [0, 0.1) is 0 Å². The standard InChI is InChI=1S/C12H20N2OS/c1-9(10-6-5-7-16-10)13-8-11(15)14-12(2,3)4/h5-7,9,13H,8H2,1-4H3,(H,14,15). The van der Waals surface area contributed by atoms with Crippen molar-refractivity contribution in [2.24, 2.45) is 0 Å². The van der Waals surface area contributed by atoms with Gasteiger partial charge < -0.3 is 10.6 Å². The van der Waals surface area contributed by atoms with E-state index in [1.807, 2.05) is 32.2 Å². The summed E-state index contributed by atoms with van der Waals surface area (Å²) in [7, 11) is 0. The second-order valence-electron chi connectivity index (χ2n) is 4.92. The van der Waals surface area contributed by atoms with Gasteiger partial charge in [0.2, 0.25) is 5.91 Å². The van der Waals surface area contributed by atoms with Crippen molar-refractivity contribution in [1.29, 1.82) is 0 Å². The number of rotatable bonds is 4. The van der Waals surface area contributed by atoms with Crippen molar-refractivity contribution < 1.29 is 4.79 Å². The van der Waals surface area contributed by atoms with Crippen LogP contribution in [-0.2, 0) is 4.79 Å². The Balaban J connectivity index is 2.32. The van der Waals surface area contributed by atoms with Crippen LogP contribution in [0.1, 0.15) is 38.6 Å². The molecule has 1 atom stereocenters. The smallest absolute Gasteiger partial charge is 0.234 e. The molecule has 1 amide bonds. The fourth-order valence-corrected chi connectivity index (χ4v) is 2.11. The molecule has 1 aromatic rings. The van der Waals surface area contributed by atoms with Crippen LogP contribution in [0.3, 0.4) is 0 Å². The lowest BCUT2D eigenvalue weighted by atomic mass is 10.1. The number of hydrogen-bond donors (Lipinski definition) is 2. The van der Waals surface area contributed by atoms with Crippen LogP contribution in [0.15, 0.2) is 17.5 Å². The second kappa shape index (κ2) is 5.46. The highest BCUT2D eigenvalue weighted by Gasteiger charge is 2.14. The molecule has 1 rings (SSSR count). The van der Waals surface area contributed by atoms with Crippen molar-refractivity contribution in [3.8, 4) is 0 Å². The number of amides is 1. The van der Waals surface area contributed by atoms with E-state index in [-0.39, 0.29) is 17.5 Å². The third-order valence-electron chi connectivity index (χ3n) is 2.05. The molecule has 0 spiro atoms. The molecule has 0 saturated carbocycles. The molecular formula is C12H20N2OS. The van der Waals surface area contributed by atoms with Crippen LogP contribution in [0.4, 0.5) is 0 Å². The lowest BCUT2D eigenvalue weighted by molar-refractivity contribution is -0.121. The van der Waals surface area contributed by atoms with E-state index < -0.39 is 0 Å². The van der Waals surface area contributed by atoms with E-state index in [9.17, 15) is 4.79 Å². The maximum atomic E-state index is 11.6. The van der Waals surface area contributed by atoms with E-state index in [4.69, 9.17) is 0 Å². The normalized spacial score (nSPS) is 13.5. The summed E-state index contributed by atoms with van der Waals surface area (Å²) in [5, 5.41) is 8.17. The summed E-state index contributed by atoms with van der Waals surface area (Å²) in [5.41, 5.74) is -0.162. The number of hydrogen-bond acceptors (Lipinski definition) is 3. The van der Waals surface area contributed by atoms with Crippen LogP contribution in [0.5, 0.6) is 0 Å². The molecule has 16 heavy (non-hydrogen) atoms. The second-order valence-corrected chi connectivity index (χ2v) is 5.90. The number of carbonyl (C=O) groups excluding carboxylic acids is 1. The van der Waals surface area contributed by atoms with Crippen LogP contribution in [-0.4, -0.2) is 18.0 Å². The molecule has 2 N–H and O–H groups in total. The Morgan fingerprint density at radius 1 is 1.50 bits per heavy atom. The van der Waals surface area contributed by atoms with Crippen LogP contribution < -0.4 is 10.6 Å². The highest BCUT2D eigenvalue weighted by molar-refractivity contribution is 7.10. The Morgan fingerprint density at radius 3 is 2.69 bits per heavy atom. The molecule has 0 fully saturated rings. The van der Waals surface area contributed by atoms with Gasteiger partial charge in [0.1, 0.15) is 0 Å². The average molecular weight is 240 g/mol. The molecule has 0 aromatic carbocycles. The molecule has 90 valence electrons. The SMILES string of the molecule is CC(NCC(=O)NC(C)(C)C)c1cccs1. The van der Waals surface area contributed by atoms with Gasteiger partial charge in [-0.25, -0.2) is 0 Å². The Morgan fingerprint density at radius 2 is 2.19 bits per heavy atom. The third-order valence-corrected chi connectivity index (χ3v) is 3.11. The van der Waals surface area contributed by atoms with Crippen molar-refractivity contribution in [3.63, 3.8) is 0 Å². The molecule has 0 bridgehead atoms. The van der Waals surface area contributed by atoms with Gasteiger partial charge in [-0.05, 0) is 39.1 Å². The van der Waals surface area contributed by atoms with Gasteiger partial charge in [0.05, 0.1) is 6.54 Å². The summed E-state index contributed by atoms with van der Waals surface area (Å²) in [6, 6.07) is 4.32. The van der Waals surface area contributed by atoms with Gasteiger partial charge >= 0.3 is 0 Å². The van der Waals surface area contributed by atoms with Gasteiger partial charge in [0.15, 0.2) is 0 Å². The number of carbonyl (C=O) groups is 1. The summed E-state index contributed by atoms with van der Waals surface area (Å²) in [4.78, 5) is 12.8. The molecule has 0 saturated heterocycles. The van der Waals surface area contributed by atoms with Gasteiger partial charge in [-0.1, -0.05) is 6.07 Å². The lowest BCUT2D eigenvalue weighted by Crippen LogP contribution is -2.45. The molecule has 1 aromatic heterocycles. The van der Waals surface area contributed by atoms with E-state index in [2.05, 4.69) is 23.6 Å². The van der Waals surface area contributed by atoms with Crippen LogP contribution >= 0.6 is 11.3 Å². The monoisotopic (exact) mass is 240 g/mol. The average Bonchev–Trinajstić information content (AvgIpc) is 2.64. The Kier molecular flexibility index (Phi) is 4.50. The van der Waals surface area contributed by atoms with Crippen molar-refractivity contribution in [2.75, 3.05) is 6.54 Å². The van der Waals surface area contributed by atoms with E-state index in [0.29, 0.717) is 6.54 Å². The largest absolute Gasteiger partial charge is 0.350 e. The predicted molar refractivity (Wildman–Crippen MR) is 68.6 cm³/mol. The molecule has 0 aliphatic rings. The highest BCUT2D eigenvalue weighted by atomic mass is 32.1. The van der Waals surface area contributed by atoms with E-state index >= 15 is 0 Å². The first-order chi connectivity index (χ1) is 7.38. The first-order valence-electron chi connectivity index (χ1n) is 5.46. The molecule has 0 radical (unpaired) electrons. The minimum absolute atomic E-state index is 0.0379. The Bertz CT molecular complexity index is 327. The van der Waals surface area contributed by atoms with Crippen molar-refractivity contribution >= 4 is 17.2 Å². The van der Waals surface area contributed by atoms with E-state index in [1.165, 1.54) is 4.88 Å². The topological polar surface area (TPSA) is 41.1 Å². The molecule has 0 aliphatic carbocycles. The van der Waals surface area contributed by atoms with E-state index in [1.54, 1.807) is 11.3 Å². The summed E-state index contributed by atoms with van der Waals surface area (Å²) < 4.78 is 0. The van der Waals surface area contributed by atoms with Gasteiger partial charge in [-0.15, -0.1) is 11.3 Å². The maximum Gasteiger partial charge on any atom is 0.234 e.